The Labute approximate surface area is 129 Å². The normalized spacial score (nSPS) is 17.0. The van der Waals surface area contributed by atoms with Crippen LogP contribution in [0.15, 0.2) is 0 Å². The average molecular weight is 308 g/mol. The molecule has 120 valence electrons. The lowest BCUT2D eigenvalue weighted by atomic mass is 10.1. The highest BCUT2D eigenvalue weighted by Crippen LogP contribution is 2.05. The number of nitrogens with one attached hydrogen (secondary N) is 1. The molecule has 20 heavy (non-hydrogen) atoms. The molecule has 0 aromatic rings. The Kier molecular flexibility index (Phi) is 8.47. The van der Waals surface area contributed by atoms with Crippen LogP contribution < -0.4 is 5.32 Å². The number of amides is 1. The van der Waals surface area contributed by atoms with E-state index in [9.17, 15) is 4.79 Å². The minimum absolute atomic E-state index is 0. The van der Waals surface area contributed by atoms with Gasteiger partial charge in [0.05, 0.1) is 6.10 Å². The van der Waals surface area contributed by atoms with Crippen molar-refractivity contribution < 1.29 is 9.53 Å². The molecule has 0 unspecified atom stereocenters. The maximum absolute atomic E-state index is 11.7. The van der Waals surface area contributed by atoms with Gasteiger partial charge in [-0.3, -0.25) is 4.90 Å². The lowest BCUT2D eigenvalue weighted by molar-refractivity contribution is 0.0571. The van der Waals surface area contributed by atoms with E-state index in [1.807, 2.05) is 13.8 Å². The predicted molar refractivity (Wildman–Crippen MR) is 84.6 cm³/mol. The zero-order valence-electron chi connectivity index (χ0n) is 13.4. The molecule has 1 rings (SSSR count). The van der Waals surface area contributed by atoms with Gasteiger partial charge < -0.3 is 15.0 Å². The second-order valence-electron chi connectivity index (χ2n) is 6.44. The van der Waals surface area contributed by atoms with E-state index in [0.717, 1.165) is 39.3 Å². The fraction of sp³-hybridized carbons (Fsp3) is 0.929. The molecule has 0 spiro atoms. The number of ether oxygens (including phenoxy) is 1. The van der Waals surface area contributed by atoms with Gasteiger partial charge in [0, 0.05) is 44.8 Å². The third kappa shape index (κ3) is 7.92. The molecule has 0 aliphatic carbocycles. The summed E-state index contributed by atoms with van der Waals surface area (Å²) in [7, 11) is 0. The Morgan fingerprint density at radius 1 is 1.20 bits per heavy atom. The highest BCUT2D eigenvalue weighted by molar-refractivity contribution is 5.85. The maximum atomic E-state index is 11.7. The van der Waals surface area contributed by atoms with E-state index in [2.05, 4.69) is 31.0 Å². The first kappa shape index (κ1) is 19.5. The molecular weight excluding hydrogens is 278 g/mol. The van der Waals surface area contributed by atoms with E-state index in [1.165, 1.54) is 0 Å². The summed E-state index contributed by atoms with van der Waals surface area (Å²) in [6.07, 6.45) is -0.219. The Hall–Kier alpha value is -0.520. The molecule has 0 radical (unpaired) electrons. The molecule has 0 aromatic heterocycles. The summed E-state index contributed by atoms with van der Waals surface area (Å²) in [5, 5.41) is 3.48. The molecule has 1 N–H and O–H groups in total. The quantitative estimate of drug-likeness (QED) is 0.862. The summed E-state index contributed by atoms with van der Waals surface area (Å²) in [5.41, 5.74) is 0.170. The van der Waals surface area contributed by atoms with E-state index in [0.29, 0.717) is 0 Å². The summed E-state index contributed by atoms with van der Waals surface area (Å²) in [6.45, 7) is 15.7. The number of rotatable bonds is 4. The first-order valence-corrected chi connectivity index (χ1v) is 7.21. The second kappa shape index (κ2) is 8.70. The first-order valence-electron chi connectivity index (χ1n) is 7.21. The number of hydrogen-bond acceptors (Lipinski definition) is 4. The Morgan fingerprint density at radius 2 is 1.75 bits per heavy atom. The molecule has 1 saturated heterocycles. The van der Waals surface area contributed by atoms with Gasteiger partial charge in [0.25, 0.3) is 0 Å². The van der Waals surface area contributed by atoms with Crippen molar-refractivity contribution in [1.82, 2.24) is 15.1 Å². The lowest BCUT2D eigenvalue weighted by Crippen LogP contribution is -2.51. The minimum atomic E-state index is -0.178. The van der Waals surface area contributed by atoms with Crippen molar-refractivity contribution in [3.63, 3.8) is 0 Å². The molecule has 1 fully saturated rings. The maximum Gasteiger partial charge on any atom is 0.410 e. The number of hydrogen-bond donors (Lipinski definition) is 1. The van der Waals surface area contributed by atoms with Crippen LogP contribution in [-0.2, 0) is 4.74 Å². The van der Waals surface area contributed by atoms with Crippen LogP contribution in [0.3, 0.4) is 0 Å². The summed E-state index contributed by atoms with van der Waals surface area (Å²) >= 11 is 0. The van der Waals surface area contributed by atoms with Crippen LogP contribution in [0.5, 0.6) is 0 Å². The van der Waals surface area contributed by atoms with Crippen molar-refractivity contribution in [2.75, 3.05) is 39.3 Å². The van der Waals surface area contributed by atoms with Gasteiger partial charge in [-0.1, -0.05) is 0 Å². The molecule has 1 amide bonds. The van der Waals surface area contributed by atoms with Crippen LogP contribution in [0, 0.1) is 0 Å². The van der Waals surface area contributed by atoms with Crippen LogP contribution in [0.2, 0.25) is 0 Å². The van der Waals surface area contributed by atoms with E-state index in [4.69, 9.17) is 4.74 Å². The molecule has 1 aliphatic rings. The van der Waals surface area contributed by atoms with Crippen LogP contribution in [0.25, 0.3) is 0 Å². The average Bonchev–Trinajstić information content (AvgIpc) is 2.27. The molecule has 1 aliphatic heterocycles. The van der Waals surface area contributed by atoms with Gasteiger partial charge in [0.2, 0.25) is 0 Å². The Morgan fingerprint density at radius 3 is 2.20 bits per heavy atom. The van der Waals surface area contributed by atoms with Gasteiger partial charge in [0.15, 0.2) is 0 Å². The first-order chi connectivity index (χ1) is 8.78. The van der Waals surface area contributed by atoms with Gasteiger partial charge in [0.1, 0.15) is 0 Å². The molecular formula is C14H30ClN3O2. The lowest BCUT2D eigenvalue weighted by Gasteiger charge is -2.35. The molecule has 1 heterocycles. The van der Waals surface area contributed by atoms with Crippen LogP contribution in [0.4, 0.5) is 4.79 Å². The van der Waals surface area contributed by atoms with Crippen molar-refractivity contribution in [3.05, 3.63) is 0 Å². The second-order valence-corrected chi connectivity index (χ2v) is 6.44. The van der Waals surface area contributed by atoms with Gasteiger partial charge in [-0.2, -0.15) is 0 Å². The zero-order valence-corrected chi connectivity index (χ0v) is 14.3. The number of halogens is 1. The zero-order chi connectivity index (χ0) is 14.5. The molecule has 5 nitrogen and oxygen atoms in total. The van der Waals surface area contributed by atoms with Crippen molar-refractivity contribution in [2.24, 2.45) is 0 Å². The van der Waals surface area contributed by atoms with E-state index >= 15 is 0 Å². The highest BCUT2D eigenvalue weighted by atomic mass is 35.5. The standard InChI is InChI=1S/C14H29N3O2.ClH/c1-12(2)19-13(18)17-10-8-16(9-11-17)7-6-15-14(3,4)5;/h12,15H,6-11H2,1-5H3;1H. The van der Waals surface area contributed by atoms with Crippen molar-refractivity contribution in [3.8, 4) is 0 Å². The third-order valence-electron chi connectivity index (χ3n) is 3.05. The van der Waals surface area contributed by atoms with Gasteiger partial charge in [-0.25, -0.2) is 4.79 Å². The molecule has 0 bridgehead atoms. The smallest absolute Gasteiger partial charge is 0.410 e. The van der Waals surface area contributed by atoms with Gasteiger partial charge in [-0.15, -0.1) is 12.4 Å². The SMILES string of the molecule is CC(C)OC(=O)N1CCN(CCNC(C)(C)C)CC1.Cl. The Balaban J connectivity index is 0.00000361. The molecule has 0 atom stereocenters. The number of piperazine rings is 1. The van der Waals surface area contributed by atoms with Crippen molar-refractivity contribution in [2.45, 2.75) is 46.3 Å². The fourth-order valence-electron chi connectivity index (χ4n) is 2.02. The summed E-state index contributed by atoms with van der Waals surface area (Å²) in [4.78, 5) is 15.9. The van der Waals surface area contributed by atoms with Gasteiger partial charge >= 0.3 is 6.09 Å². The summed E-state index contributed by atoms with van der Waals surface area (Å²) in [5.74, 6) is 0. The molecule has 0 aromatic carbocycles. The Bertz CT molecular complexity index is 285. The van der Waals surface area contributed by atoms with Crippen LogP contribution in [0.1, 0.15) is 34.6 Å². The number of carbonyl (C=O) groups is 1. The molecule has 0 saturated carbocycles. The monoisotopic (exact) mass is 307 g/mol. The van der Waals surface area contributed by atoms with Crippen molar-refractivity contribution >= 4 is 18.5 Å². The third-order valence-corrected chi connectivity index (χ3v) is 3.05. The van der Waals surface area contributed by atoms with E-state index in [-0.39, 0.29) is 30.1 Å². The topological polar surface area (TPSA) is 44.8 Å². The van der Waals surface area contributed by atoms with Gasteiger partial charge in [-0.05, 0) is 34.6 Å². The summed E-state index contributed by atoms with van der Waals surface area (Å²) < 4.78 is 5.21. The minimum Gasteiger partial charge on any atom is -0.447 e. The summed E-state index contributed by atoms with van der Waals surface area (Å²) in [6, 6.07) is 0. The fourth-order valence-corrected chi connectivity index (χ4v) is 2.02. The number of carbonyl (C=O) groups excluding carboxylic acids is 1. The van der Waals surface area contributed by atoms with Crippen molar-refractivity contribution in [1.29, 1.82) is 0 Å². The predicted octanol–water partition coefficient (Wildman–Crippen LogP) is 1.96. The largest absolute Gasteiger partial charge is 0.447 e. The highest BCUT2D eigenvalue weighted by Gasteiger charge is 2.22. The van der Waals surface area contributed by atoms with E-state index in [1.54, 1.807) is 4.90 Å². The number of nitrogens with zero attached hydrogens (tertiary/aromatic N) is 2. The van der Waals surface area contributed by atoms with Crippen LogP contribution in [-0.4, -0.2) is 66.8 Å². The van der Waals surface area contributed by atoms with E-state index < -0.39 is 0 Å². The molecule has 6 heteroatoms. The van der Waals surface area contributed by atoms with Crippen LogP contribution >= 0.6 is 12.4 Å².